The molecule has 3 aliphatic rings. The Labute approximate surface area is 101 Å². The van der Waals surface area contributed by atoms with Gasteiger partial charge in [-0.3, -0.25) is 4.79 Å². The molecule has 1 amide bonds. The second-order valence-corrected chi connectivity index (χ2v) is 5.54. The summed E-state index contributed by atoms with van der Waals surface area (Å²) in [7, 11) is 0. The number of likely N-dealkylation sites (tertiary alicyclic amines) is 1. The van der Waals surface area contributed by atoms with Crippen LogP contribution < -0.4 is 5.32 Å². The number of aliphatic hydroxyl groups is 1. The van der Waals surface area contributed by atoms with E-state index < -0.39 is 0 Å². The number of carbonyl (C=O) groups is 1. The van der Waals surface area contributed by atoms with Crippen molar-refractivity contribution in [3.05, 3.63) is 0 Å². The zero-order chi connectivity index (χ0) is 11.9. The van der Waals surface area contributed by atoms with Crippen LogP contribution in [0.15, 0.2) is 0 Å². The normalized spacial score (nSPS) is 38.4. The monoisotopic (exact) mass is 240 g/mol. The van der Waals surface area contributed by atoms with Crippen LogP contribution in [-0.4, -0.2) is 60.4 Å². The highest BCUT2D eigenvalue weighted by Crippen LogP contribution is 2.34. The average molecular weight is 240 g/mol. The van der Waals surface area contributed by atoms with E-state index in [2.05, 4.69) is 5.32 Å². The maximum absolute atomic E-state index is 12.1. The maximum Gasteiger partial charge on any atom is 0.228 e. The molecule has 2 N–H and O–H groups in total. The predicted molar refractivity (Wildman–Crippen MR) is 61.5 cm³/mol. The Morgan fingerprint density at radius 1 is 1.47 bits per heavy atom. The molecule has 0 aromatic rings. The molecule has 1 spiro atoms. The molecule has 5 nitrogen and oxygen atoms in total. The summed E-state index contributed by atoms with van der Waals surface area (Å²) >= 11 is 0. The van der Waals surface area contributed by atoms with Crippen molar-refractivity contribution in [1.29, 1.82) is 0 Å². The van der Waals surface area contributed by atoms with Crippen molar-refractivity contribution < 1.29 is 14.6 Å². The molecule has 0 bridgehead atoms. The molecular weight excluding hydrogens is 220 g/mol. The summed E-state index contributed by atoms with van der Waals surface area (Å²) in [4.78, 5) is 14.0. The number of hydrogen-bond acceptors (Lipinski definition) is 4. The summed E-state index contributed by atoms with van der Waals surface area (Å²) in [5.41, 5.74) is -0.259. The van der Waals surface area contributed by atoms with Gasteiger partial charge in [0.25, 0.3) is 0 Å². The molecule has 0 aromatic heterocycles. The molecule has 0 saturated carbocycles. The van der Waals surface area contributed by atoms with Crippen molar-refractivity contribution in [2.75, 3.05) is 32.8 Å². The van der Waals surface area contributed by atoms with Crippen molar-refractivity contribution in [1.82, 2.24) is 10.2 Å². The van der Waals surface area contributed by atoms with Gasteiger partial charge in [0.05, 0.1) is 17.6 Å². The molecule has 3 heterocycles. The van der Waals surface area contributed by atoms with E-state index in [0.29, 0.717) is 19.6 Å². The Morgan fingerprint density at radius 3 is 2.94 bits per heavy atom. The molecule has 17 heavy (non-hydrogen) atoms. The lowest BCUT2D eigenvalue weighted by atomic mass is 9.91. The Kier molecular flexibility index (Phi) is 2.84. The highest BCUT2D eigenvalue weighted by Gasteiger charge is 2.45. The maximum atomic E-state index is 12.1. The van der Waals surface area contributed by atoms with Gasteiger partial charge in [-0.1, -0.05) is 0 Å². The van der Waals surface area contributed by atoms with Crippen LogP contribution >= 0.6 is 0 Å². The molecule has 3 fully saturated rings. The van der Waals surface area contributed by atoms with E-state index in [9.17, 15) is 9.90 Å². The third kappa shape index (κ3) is 2.07. The summed E-state index contributed by atoms with van der Waals surface area (Å²) in [6, 6.07) is 0. The van der Waals surface area contributed by atoms with Crippen molar-refractivity contribution >= 4 is 5.91 Å². The highest BCUT2D eigenvalue weighted by atomic mass is 16.5. The zero-order valence-electron chi connectivity index (χ0n) is 10.0. The number of aliphatic hydroxyl groups excluding tert-OH is 1. The van der Waals surface area contributed by atoms with Crippen LogP contribution in [-0.2, 0) is 9.53 Å². The number of amides is 1. The Balaban J connectivity index is 1.62. The molecule has 0 radical (unpaired) electrons. The highest BCUT2D eigenvalue weighted by molar-refractivity contribution is 5.80. The molecule has 0 aromatic carbocycles. The van der Waals surface area contributed by atoms with Crippen molar-refractivity contribution in [2.45, 2.75) is 31.0 Å². The minimum atomic E-state index is -0.260. The smallest absolute Gasteiger partial charge is 0.228 e. The van der Waals surface area contributed by atoms with Gasteiger partial charge in [0.15, 0.2) is 0 Å². The van der Waals surface area contributed by atoms with Gasteiger partial charge in [-0.05, 0) is 12.8 Å². The topological polar surface area (TPSA) is 61.8 Å². The summed E-state index contributed by atoms with van der Waals surface area (Å²) in [5.74, 6) is 0.419. The van der Waals surface area contributed by atoms with Crippen molar-refractivity contribution in [3.63, 3.8) is 0 Å². The number of hydrogen-bond donors (Lipinski definition) is 2. The number of ether oxygens (including phenoxy) is 1. The fraction of sp³-hybridized carbons (Fsp3) is 0.917. The SMILES string of the molecule is O=C(C1CNC1)N1CC[C@]2(C[C@H](O)CCO2)C1. The van der Waals surface area contributed by atoms with Gasteiger partial charge in [0, 0.05) is 39.2 Å². The molecule has 3 saturated heterocycles. The number of carbonyl (C=O) groups excluding carboxylic acids is 1. The van der Waals surface area contributed by atoms with Gasteiger partial charge in [-0.15, -0.1) is 0 Å². The first-order valence-corrected chi connectivity index (χ1v) is 6.50. The molecular formula is C12H20N2O3. The third-order valence-corrected chi connectivity index (χ3v) is 4.23. The second kappa shape index (κ2) is 4.23. The Bertz CT molecular complexity index is 319. The van der Waals surface area contributed by atoms with Crippen LogP contribution in [0.2, 0.25) is 0 Å². The number of rotatable bonds is 1. The minimum absolute atomic E-state index is 0.165. The first-order valence-electron chi connectivity index (χ1n) is 6.50. The Hall–Kier alpha value is -0.650. The lowest BCUT2D eigenvalue weighted by Crippen LogP contribution is -2.52. The van der Waals surface area contributed by atoms with Gasteiger partial charge in [0.2, 0.25) is 5.91 Å². The van der Waals surface area contributed by atoms with Crippen molar-refractivity contribution in [3.8, 4) is 0 Å². The standard InChI is InChI=1S/C12H20N2O3/c15-10-1-4-17-12(5-10)2-3-14(8-12)11(16)9-6-13-7-9/h9-10,13,15H,1-8H2/t10-,12+/m1/s1. The van der Waals surface area contributed by atoms with Crippen LogP contribution in [0.3, 0.4) is 0 Å². The van der Waals surface area contributed by atoms with Crippen LogP contribution in [0, 0.1) is 5.92 Å². The van der Waals surface area contributed by atoms with Gasteiger partial charge >= 0.3 is 0 Å². The molecule has 96 valence electrons. The van der Waals surface area contributed by atoms with E-state index in [1.807, 2.05) is 4.90 Å². The molecule has 3 aliphatic heterocycles. The van der Waals surface area contributed by atoms with Crippen LogP contribution in [0.5, 0.6) is 0 Å². The summed E-state index contributed by atoms with van der Waals surface area (Å²) in [6.45, 7) is 3.69. The van der Waals surface area contributed by atoms with E-state index in [1.165, 1.54) is 0 Å². The quantitative estimate of drug-likeness (QED) is 0.639. The lowest BCUT2D eigenvalue weighted by Gasteiger charge is -2.37. The molecule has 3 rings (SSSR count). The fourth-order valence-corrected chi connectivity index (χ4v) is 3.04. The largest absolute Gasteiger partial charge is 0.393 e. The zero-order valence-corrected chi connectivity index (χ0v) is 10.0. The predicted octanol–water partition coefficient (Wildman–Crippen LogP) is -0.652. The first-order chi connectivity index (χ1) is 8.19. The van der Waals surface area contributed by atoms with Crippen LogP contribution in [0.1, 0.15) is 19.3 Å². The third-order valence-electron chi connectivity index (χ3n) is 4.23. The van der Waals surface area contributed by atoms with Gasteiger partial charge < -0.3 is 20.1 Å². The second-order valence-electron chi connectivity index (χ2n) is 5.54. The lowest BCUT2D eigenvalue weighted by molar-refractivity contribution is -0.141. The Morgan fingerprint density at radius 2 is 2.29 bits per heavy atom. The summed E-state index contributed by atoms with van der Waals surface area (Å²) in [6.07, 6.45) is 2.02. The fourth-order valence-electron chi connectivity index (χ4n) is 3.04. The van der Waals surface area contributed by atoms with E-state index in [4.69, 9.17) is 4.74 Å². The van der Waals surface area contributed by atoms with E-state index >= 15 is 0 Å². The molecule has 2 atom stereocenters. The summed E-state index contributed by atoms with van der Waals surface area (Å²) in [5, 5.41) is 12.9. The van der Waals surface area contributed by atoms with Gasteiger partial charge in [-0.25, -0.2) is 0 Å². The van der Waals surface area contributed by atoms with E-state index in [1.54, 1.807) is 0 Å². The van der Waals surface area contributed by atoms with Crippen molar-refractivity contribution in [2.24, 2.45) is 5.92 Å². The van der Waals surface area contributed by atoms with Gasteiger partial charge in [0.1, 0.15) is 0 Å². The first kappa shape index (κ1) is 11.4. The van der Waals surface area contributed by atoms with E-state index in [-0.39, 0.29) is 23.5 Å². The van der Waals surface area contributed by atoms with E-state index in [0.717, 1.165) is 32.5 Å². The summed E-state index contributed by atoms with van der Waals surface area (Å²) < 4.78 is 5.84. The minimum Gasteiger partial charge on any atom is -0.393 e. The number of nitrogens with zero attached hydrogens (tertiary/aromatic N) is 1. The molecule has 0 aliphatic carbocycles. The molecule has 5 heteroatoms. The number of nitrogens with one attached hydrogen (secondary N) is 1. The molecule has 0 unspecified atom stereocenters. The van der Waals surface area contributed by atoms with Crippen LogP contribution in [0.4, 0.5) is 0 Å². The average Bonchev–Trinajstić information content (AvgIpc) is 2.59. The van der Waals surface area contributed by atoms with Crippen LogP contribution in [0.25, 0.3) is 0 Å². The van der Waals surface area contributed by atoms with Gasteiger partial charge in [-0.2, -0.15) is 0 Å².